The van der Waals surface area contributed by atoms with Gasteiger partial charge in [0, 0.05) is 50.3 Å². The molecule has 2 aromatic carbocycles. The van der Waals surface area contributed by atoms with Crippen molar-refractivity contribution in [3.63, 3.8) is 0 Å². The van der Waals surface area contributed by atoms with Gasteiger partial charge in [-0.3, -0.25) is 9.59 Å². The van der Waals surface area contributed by atoms with Gasteiger partial charge < -0.3 is 24.3 Å². The molecule has 0 unspecified atom stereocenters. The fourth-order valence-corrected chi connectivity index (χ4v) is 4.08. The second-order valence-electron chi connectivity index (χ2n) is 8.68. The van der Waals surface area contributed by atoms with Crippen LogP contribution >= 0.6 is 0 Å². The van der Waals surface area contributed by atoms with Crippen LogP contribution in [0.4, 0.5) is 0 Å². The zero-order valence-electron chi connectivity index (χ0n) is 21.1. The summed E-state index contributed by atoms with van der Waals surface area (Å²) < 4.78 is 10.5. The topological polar surface area (TPSA) is 74.9 Å². The lowest BCUT2D eigenvalue weighted by Gasteiger charge is -2.28. The summed E-state index contributed by atoms with van der Waals surface area (Å²) in [6, 6.07) is 15.9. The highest BCUT2D eigenvalue weighted by Crippen LogP contribution is 2.19. The lowest BCUT2D eigenvalue weighted by Crippen LogP contribution is -2.44. The number of unbranched alkanes of at least 4 members (excludes halogenated alkanes) is 1. The third-order valence-corrected chi connectivity index (χ3v) is 6.20. The smallest absolute Gasteiger partial charge is 0.242 e. The van der Waals surface area contributed by atoms with Crippen molar-refractivity contribution in [2.24, 2.45) is 0 Å². The molecule has 0 aliphatic heterocycles. The van der Waals surface area contributed by atoms with E-state index in [9.17, 15) is 9.59 Å². The Hall–Kier alpha value is -3.32. The van der Waals surface area contributed by atoms with E-state index >= 15 is 0 Å². The first-order chi connectivity index (χ1) is 17.0. The molecule has 0 saturated heterocycles. The van der Waals surface area contributed by atoms with Crippen molar-refractivity contribution in [3.8, 4) is 5.75 Å². The minimum absolute atomic E-state index is 0.00160. The molecule has 3 rings (SSSR count). The van der Waals surface area contributed by atoms with Gasteiger partial charge >= 0.3 is 0 Å². The first-order valence-electron chi connectivity index (χ1n) is 12.3. The maximum Gasteiger partial charge on any atom is 0.242 e. The Labute approximate surface area is 208 Å². The van der Waals surface area contributed by atoms with Crippen LogP contribution < -0.4 is 4.74 Å². The van der Waals surface area contributed by atoms with Crippen LogP contribution in [0.5, 0.6) is 5.75 Å². The van der Waals surface area contributed by atoms with Gasteiger partial charge in [0.15, 0.2) is 0 Å². The average molecular weight is 480 g/mol. The van der Waals surface area contributed by atoms with Crippen LogP contribution in [0, 0.1) is 0 Å². The largest absolute Gasteiger partial charge is 0.497 e. The van der Waals surface area contributed by atoms with Crippen LogP contribution in [-0.2, 0) is 27.3 Å². The number of amides is 2. The van der Waals surface area contributed by atoms with E-state index in [-0.39, 0.29) is 18.4 Å². The summed E-state index contributed by atoms with van der Waals surface area (Å²) in [5, 5.41) is 1.17. The second kappa shape index (κ2) is 13.5. The second-order valence-corrected chi connectivity index (χ2v) is 8.68. The van der Waals surface area contributed by atoms with Gasteiger partial charge in [-0.05, 0) is 42.2 Å². The van der Waals surface area contributed by atoms with Crippen molar-refractivity contribution in [2.75, 3.05) is 40.5 Å². The molecule has 0 aliphatic rings. The van der Waals surface area contributed by atoms with E-state index in [4.69, 9.17) is 9.47 Å². The SMILES string of the molecule is CCCCC(=O)N(CCOC)CC(=O)N(CCc1c[nH]c2ccccc12)Cc1ccc(OC)cc1. The van der Waals surface area contributed by atoms with Gasteiger partial charge in [0.05, 0.1) is 20.3 Å². The van der Waals surface area contributed by atoms with E-state index in [0.717, 1.165) is 29.7 Å². The quantitative estimate of drug-likeness (QED) is 0.372. The zero-order valence-corrected chi connectivity index (χ0v) is 21.1. The molecule has 3 aromatic rings. The highest BCUT2D eigenvalue weighted by atomic mass is 16.5. The number of aromatic amines is 1. The molecule has 1 aromatic heterocycles. The number of ether oxygens (including phenoxy) is 2. The highest BCUT2D eigenvalue weighted by Gasteiger charge is 2.21. The lowest BCUT2D eigenvalue weighted by molar-refractivity contribution is -0.141. The molecule has 0 aliphatic carbocycles. The van der Waals surface area contributed by atoms with Crippen molar-refractivity contribution in [1.82, 2.24) is 14.8 Å². The van der Waals surface area contributed by atoms with Crippen molar-refractivity contribution in [2.45, 2.75) is 39.2 Å². The number of hydrogen-bond acceptors (Lipinski definition) is 4. The number of methoxy groups -OCH3 is 2. The standard InChI is InChI=1S/C28H37N3O4/c1-4-5-10-27(32)31(17-18-34-2)21-28(33)30(20-22-11-13-24(35-3)14-12-22)16-15-23-19-29-26-9-7-6-8-25(23)26/h6-9,11-14,19,29H,4-5,10,15-18,20-21H2,1-3H3. The lowest BCUT2D eigenvalue weighted by atomic mass is 10.1. The molecular weight excluding hydrogens is 442 g/mol. The number of hydrogen-bond donors (Lipinski definition) is 1. The Kier molecular flexibility index (Phi) is 10.2. The normalized spacial score (nSPS) is 10.9. The Morgan fingerprint density at radius 3 is 2.43 bits per heavy atom. The van der Waals surface area contributed by atoms with Crippen molar-refractivity contribution >= 4 is 22.7 Å². The summed E-state index contributed by atoms with van der Waals surface area (Å²) >= 11 is 0. The van der Waals surface area contributed by atoms with E-state index in [1.807, 2.05) is 47.5 Å². The fourth-order valence-electron chi connectivity index (χ4n) is 4.08. The summed E-state index contributed by atoms with van der Waals surface area (Å²) in [5.41, 5.74) is 3.27. The van der Waals surface area contributed by atoms with Crippen LogP contribution in [0.2, 0.25) is 0 Å². The number of carbonyl (C=O) groups excluding carboxylic acids is 2. The minimum atomic E-state index is -0.0680. The summed E-state index contributed by atoms with van der Waals surface area (Å²) in [6.45, 7) is 3.93. The van der Waals surface area contributed by atoms with Crippen LogP contribution in [0.25, 0.3) is 10.9 Å². The van der Waals surface area contributed by atoms with E-state index in [1.165, 1.54) is 10.9 Å². The van der Waals surface area contributed by atoms with Crippen LogP contribution in [0.3, 0.4) is 0 Å². The van der Waals surface area contributed by atoms with Crippen molar-refractivity contribution in [3.05, 3.63) is 65.9 Å². The molecule has 0 radical (unpaired) electrons. The predicted octanol–water partition coefficient (Wildman–Crippen LogP) is 4.41. The van der Waals surface area contributed by atoms with Gasteiger partial charge in [-0.15, -0.1) is 0 Å². The van der Waals surface area contributed by atoms with E-state index < -0.39 is 0 Å². The number of carbonyl (C=O) groups is 2. The molecule has 0 spiro atoms. The average Bonchev–Trinajstić information content (AvgIpc) is 3.30. The summed E-state index contributed by atoms with van der Waals surface area (Å²) in [5.74, 6) is 0.706. The molecule has 0 bridgehead atoms. The molecule has 1 heterocycles. The van der Waals surface area contributed by atoms with Crippen LogP contribution in [-0.4, -0.2) is 67.1 Å². The first-order valence-corrected chi connectivity index (χ1v) is 12.3. The Balaban J connectivity index is 1.76. The summed E-state index contributed by atoms with van der Waals surface area (Å²) in [4.78, 5) is 33.1. The van der Waals surface area contributed by atoms with Gasteiger partial charge in [0.2, 0.25) is 11.8 Å². The molecule has 1 N–H and O–H groups in total. The Morgan fingerprint density at radius 2 is 1.71 bits per heavy atom. The number of H-pyrrole nitrogens is 1. The third kappa shape index (κ3) is 7.59. The van der Waals surface area contributed by atoms with Gasteiger partial charge in [-0.1, -0.05) is 43.7 Å². The summed E-state index contributed by atoms with van der Waals surface area (Å²) in [7, 11) is 3.24. The number of nitrogens with zero attached hydrogens (tertiary/aromatic N) is 2. The molecule has 0 atom stereocenters. The molecule has 35 heavy (non-hydrogen) atoms. The molecule has 7 heteroatoms. The first kappa shape index (κ1) is 26.3. The number of benzene rings is 2. The number of nitrogens with one attached hydrogen (secondary N) is 1. The van der Waals surface area contributed by atoms with Gasteiger partial charge in [0.25, 0.3) is 0 Å². The third-order valence-electron chi connectivity index (χ3n) is 6.20. The van der Waals surface area contributed by atoms with Gasteiger partial charge in [0.1, 0.15) is 5.75 Å². The maximum atomic E-state index is 13.5. The molecular formula is C28H37N3O4. The molecule has 7 nitrogen and oxygen atoms in total. The number of rotatable bonds is 14. The zero-order chi connectivity index (χ0) is 25.0. The van der Waals surface area contributed by atoms with E-state index in [1.54, 1.807) is 19.1 Å². The Bertz CT molecular complexity index is 1080. The monoisotopic (exact) mass is 479 g/mol. The van der Waals surface area contributed by atoms with Crippen LogP contribution in [0.15, 0.2) is 54.7 Å². The number of fused-ring (bicyclic) bond motifs is 1. The fraction of sp³-hybridized carbons (Fsp3) is 0.429. The molecule has 0 fully saturated rings. The van der Waals surface area contributed by atoms with Gasteiger partial charge in [-0.25, -0.2) is 0 Å². The number of para-hydroxylation sites is 1. The van der Waals surface area contributed by atoms with Gasteiger partial charge in [-0.2, -0.15) is 0 Å². The Morgan fingerprint density at radius 1 is 0.943 bits per heavy atom. The predicted molar refractivity (Wildman–Crippen MR) is 138 cm³/mol. The minimum Gasteiger partial charge on any atom is -0.497 e. The van der Waals surface area contributed by atoms with Crippen LogP contribution in [0.1, 0.15) is 37.3 Å². The van der Waals surface area contributed by atoms with Crippen molar-refractivity contribution in [1.29, 1.82) is 0 Å². The van der Waals surface area contributed by atoms with Crippen molar-refractivity contribution < 1.29 is 19.1 Å². The van der Waals surface area contributed by atoms with E-state index in [2.05, 4.69) is 24.0 Å². The molecule has 2 amide bonds. The maximum absolute atomic E-state index is 13.5. The van der Waals surface area contributed by atoms with E-state index in [0.29, 0.717) is 39.1 Å². The highest BCUT2D eigenvalue weighted by molar-refractivity contribution is 5.85. The molecule has 0 saturated carbocycles. The summed E-state index contributed by atoms with van der Waals surface area (Å²) in [6.07, 6.45) is 4.92. The molecule has 188 valence electrons. The number of aromatic nitrogens is 1.